The van der Waals surface area contributed by atoms with Crippen LogP contribution in [0.15, 0.2) is 0 Å². The minimum absolute atomic E-state index is 0. The molecule has 4 heteroatoms. The lowest BCUT2D eigenvalue weighted by molar-refractivity contribution is -0.466. The maximum atomic E-state index is 5.22. The Morgan fingerprint density at radius 1 is 1.50 bits per heavy atom. The number of rotatable bonds is 0. The Morgan fingerprint density at radius 2 is 1.88 bits per heavy atom. The van der Waals surface area contributed by atoms with Crippen LogP contribution in [0.2, 0.25) is 0 Å². The second-order valence-electron chi connectivity index (χ2n) is 1.57. The summed E-state index contributed by atoms with van der Waals surface area (Å²) in [5.74, 6) is 0.946. The van der Waals surface area contributed by atoms with E-state index in [0.29, 0.717) is 0 Å². The highest BCUT2D eigenvalue weighted by molar-refractivity contribution is 6.21. The van der Waals surface area contributed by atoms with Gasteiger partial charge in [-0.05, 0) is 0 Å². The van der Waals surface area contributed by atoms with Gasteiger partial charge in [0, 0.05) is 6.92 Å². The van der Waals surface area contributed by atoms with Crippen molar-refractivity contribution in [2.24, 2.45) is 0 Å². The molecular weight excluding hydrogens is 147 g/mol. The van der Waals surface area contributed by atoms with Crippen LogP contribution in [0.1, 0.15) is 6.92 Å². The number of nitrogens with one attached hydrogen (secondary N) is 1. The largest absolute Gasteiger partial charge is 0.270 e. The Balaban J connectivity index is 0. The predicted molar refractivity (Wildman–Crippen MR) is 39.0 cm³/mol. The van der Waals surface area contributed by atoms with Crippen molar-refractivity contribution >= 4 is 30.0 Å². The van der Waals surface area contributed by atoms with Crippen molar-refractivity contribution in [1.82, 2.24) is 4.84 Å². The second kappa shape index (κ2) is 5.19. The molecule has 0 heterocycles. The standard InChI is InChI=1S/C4H9ClN2.ClH/c1-4(6-5)7(2)3;/h1-3H3;1H/p+1. The average molecular weight is 158 g/mol. The lowest BCUT2D eigenvalue weighted by atomic mass is 10.7. The second-order valence-corrected chi connectivity index (χ2v) is 1.76. The van der Waals surface area contributed by atoms with Gasteiger partial charge >= 0.3 is 0 Å². The molecule has 0 radical (unpaired) electrons. The van der Waals surface area contributed by atoms with Crippen LogP contribution in [0.5, 0.6) is 0 Å². The van der Waals surface area contributed by atoms with Crippen LogP contribution in [0.25, 0.3) is 0 Å². The van der Waals surface area contributed by atoms with Gasteiger partial charge in [0.05, 0.1) is 14.1 Å². The van der Waals surface area contributed by atoms with Crippen molar-refractivity contribution in [3.8, 4) is 0 Å². The van der Waals surface area contributed by atoms with E-state index in [-0.39, 0.29) is 12.4 Å². The summed E-state index contributed by atoms with van der Waals surface area (Å²) < 4.78 is 1.90. The van der Waals surface area contributed by atoms with E-state index in [9.17, 15) is 0 Å². The molecule has 0 aliphatic rings. The molecule has 0 aromatic heterocycles. The predicted octanol–water partition coefficient (Wildman–Crippen LogP) is 0.842. The first-order chi connectivity index (χ1) is 3.18. The molecule has 0 fully saturated rings. The third kappa shape index (κ3) is 4.22. The summed E-state index contributed by atoms with van der Waals surface area (Å²) in [5, 5.41) is 0. The van der Waals surface area contributed by atoms with Crippen molar-refractivity contribution in [3.63, 3.8) is 0 Å². The fraction of sp³-hybridized carbons (Fsp3) is 0.750. The third-order valence-corrected chi connectivity index (χ3v) is 1.08. The zero-order chi connectivity index (χ0) is 5.86. The first-order valence-corrected chi connectivity index (χ1v) is 2.43. The summed E-state index contributed by atoms with van der Waals surface area (Å²) in [5.41, 5.74) is 0. The van der Waals surface area contributed by atoms with Gasteiger partial charge in [0.15, 0.2) is 0 Å². The molecule has 0 saturated heterocycles. The Kier molecular flexibility index (Phi) is 7.09. The summed E-state index contributed by atoms with van der Waals surface area (Å²) in [6, 6.07) is 0. The molecule has 0 unspecified atom stereocenters. The van der Waals surface area contributed by atoms with Gasteiger partial charge in [-0.3, -0.25) is 4.58 Å². The molecule has 0 spiro atoms. The number of hydrogen-bond donors (Lipinski definition) is 1. The zero-order valence-electron chi connectivity index (χ0n) is 5.23. The molecule has 0 aliphatic carbocycles. The van der Waals surface area contributed by atoms with Crippen LogP contribution in [-0.2, 0) is 0 Å². The summed E-state index contributed by atoms with van der Waals surface area (Å²) in [4.78, 5) is 2.48. The maximum absolute atomic E-state index is 5.22. The molecule has 0 amide bonds. The molecule has 0 aromatic carbocycles. The summed E-state index contributed by atoms with van der Waals surface area (Å²) in [7, 11) is 3.84. The first-order valence-electron chi connectivity index (χ1n) is 2.06. The van der Waals surface area contributed by atoms with Crippen LogP contribution in [0, 0.1) is 0 Å². The minimum Gasteiger partial charge on any atom is -0.270 e. The van der Waals surface area contributed by atoms with Gasteiger partial charge < -0.3 is 0 Å². The Hall–Kier alpha value is 0.0500. The minimum atomic E-state index is 0. The van der Waals surface area contributed by atoms with Crippen LogP contribution < -0.4 is 4.84 Å². The smallest absolute Gasteiger partial charge is 0.258 e. The van der Waals surface area contributed by atoms with Gasteiger partial charge in [0.1, 0.15) is 11.8 Å². The highest BCUT2D eigenvalue weighted by atomic mass is 35.5. The average Bonchev–Trinajstić information content (AvgIpc) is 1.65. The Bertz CT molecular complexity index is 86.0. The van der Waals surface area contributed by atoms with E-state index in [1.54, 1.807) is 0 Å². The first kappa shape index (κ1) is 10.9. The molecule has 0 saturated carbocycles. The zero-order valence-corrected chi connectivity index (χ0v) is 6.81. The summed E-state index contributed by atoms with van der Waals surface area (Å²) in [6.07, 6.45) is 0. The van der Waals surface area contributed by atoms with E-state index in [1.165, 1.54) is 0 Å². The van der Waals surface area contributed by atoms with Crippen molar-refractivity contribution in [1.29, 1.82) is 0 Å². The molecule has 0 aromatic rings. The fourth-order valence-electron chi connectivity index (χ4n) is 0.0845. The fourth-order valence-corrected chi connectivity index (χ4v) is 0.254. The van der Waals surface area contributed by atoms with E-state index >= 15 is 0 Å². The summed E-state index contributed by atoms with van der Waals surface area (Å²) in [6.45, 7) is 1.90. The summed E-state index contributed by atoms with van der Waals surface area (Å²) >= 11 is 5.22. The molecule has 0 rings (SSSR count). The molecule has 0 atom stereocenters. The van der Waals surface area contributed by atoms with E-state index in [2.05, 4.69) is 4.84 Å². The van der Waals surface area contributed by atoms with Crippen molar-refractivity contribution < 1.29 is 4.58 Å². The molecule has 2 nitrogen and oxygen atoms in total. The van der Waals surface area contributed by atoms with Gasteiger partial charge in [-0.25, -0.2) is 0 Å². The van der Waals surface area contributed by atoms with Crippen LogP contribution >= 0.6 is 24.2 Å². The number of halogens is 2. The van der Waals surface area contributed by atoms with Gasteiger partial charge in [0.2, 0.25) is 0 Å². The van der Waals surface area contributed by atoms with Crippen molar-refractivity contribution in [2.75, 3.05) is 14.1 Å². The van der Waals surface area contributed by atoms with Crippen molar-refractivity contribution in [2.45, 2.75) is 6.92 Å². The van der Waals surface area contributed by atoms with Gasteiger partial charge in [0.25, 0.3) is 5.84 Å². The van der Waals surface area contributed by atoms with E-state index in [1.807, 2.05) is 25.6 Å². The highest BCUT2D eigenvalue weighted by Crippen LogP contribution is 1.67. The van der Waals surface area contributed by atoms with Gasteiger partial charge in [-0.1, -0.05) is 0 Å². The lowest BCUT2D eigenvalue weighted by Crippen LogP contribution is -2.19. The quantitative estimate of drug-likeness (QED) is 0.239. The lowest BCUT2D eigenvalue weighted by Gasteiger charge is -1.89. The van der Waals surface area contributed by atoms with E-state index < -0.39 is 0 Å². The molecule has 0 bridgehead atoms. The van der Waals surface area contributed by atoms with Crippen LogP contribution in [0.3, 0.4) is 0 Å². The normalized spacial score (nSPS) is 7.00. The third-order valence-electron chi connectivity index (χ3n) is 0.808. The Labute approximate surface area is 61.1 Å². The monoisotopic (exact) mass is 157 g/mol. The SMILES string of the molecule is CC(NCl)=[N+](C)C.Cl. The van der Waals surface area contributed by atoms with Crippen molar-refractivity contribution in [3.05, 3.63) is 0 Å². The molecule has 50 valence electrons. The molecule has 8 heavy (non-hydrogen) atoms. The van der Waals surface area contributed by atoms with E-state index in [0.717, 1.165) is 5.84 Å². The van der Waals surface area contributed by atoms with Gasteiger partial charge in [-0.15, -0.1) is 12.4 Å². The number of hydrogen-bond acceptors (Lipinski definition) is 0. The maximum Gasteiger partial charge on any atom is 0.258 e. The Morgan fingerprint density at radius 3 is 1.88 bits per heavy atom. The number of nitrogens with zero attached hydrogens (tertiary/aromatic N) is 1. The molecule has 0 aliphatic heterocycles. The van der Waals surface area contributed by atoms with E-state index in [4.69, 9.17) is 11.8 Å². The van der Waals surface area contributed by atoms with Gasteiger partial charge in [-0.2, -0.15) is 4.84 Å². The topological polar surface area (TPSA) is 15.0 Å². The van der Waals surface area contributed by atoms with Crippen LogP contribution in [-0.4, -0.2) is 24.5 Å². The number of amidine groups is 1. The van der Waals surface area contributed by atoms with Crippen LogP contribution in [0.4, 0.5) is 0 Å². The molecule has 1 N–H and O–H groups in total. The molecular formula is C4H11Cl2N2+. The highest BCUT2D eigenvalue weighted by Gasteiger charge is 1.91.